The van der Waals surface area contributed by atoms with E-state index in [0.29, 0.717) is 50.3 Å². The first-order chi connectivity index (χ1) is 20.5. The molecule has 228 valence electrons. The summed E-state index contributed by atoms with van der Waals surface area (Å²) < 4.78 is 46.1. The number of nitrogens with one attached hydrogen (secondary N) is 1. The number of likely N-dealkylation sites (tertiary alicyclic amines) is 1. The molecule has 1 saturated carbocycles. The Balaban J connectivity index is 1.28. The second-order valence-corrected chi connectivity index (χ2v) is 11.1. The zero-order valence-corrected chi connectivity index (χ0v) is 24.3. The van der Waals surface area contributed by atoms with E-state index < -0.39 is 29.0 Å². The van der Waals surface area contributed by atoms with Crippen LogP contribution in [0.3, 0.4) is 0 Å². The van der Waals surface area contributed by atoms with Gasteiger partial charge in [-0.3, -0.25) is 14.5 Å². The van der Waals surface area contributed by atoms with Crippen LogP contribution in [0, 0.1) is 5.92 Å². The van der Waals surface area contributed by atoms with Crippen molar-refractivity contribution < 1.29 is 32.3 Å². The molecule has 1 N–H and O–H groups in total. The monoisotopic (exact) mass is 616 g/mol. The van der Waals surface area contributed by atoms with Crippen molar-refractivity contribution in [3.63, 3.8) is 0 Å². The van der Waals surface area contributed by atoms with Gasteiger partial charge in [0.1, 0.15) is 11.1 Å². The maximum absolute atomic E-state index is 13.7. The van der Waals surface area contributed by atoms with Crippen LogP contribution in [0.2, 0.25) is 0 Å². The van der Waals surface area contributed by atoms with Crippen LogP contribution in [0.1, 0.15) is 54.9 Å². The van der Waals surface area contributed by atoms with Crippen LogP contribution in [0.15, 0.2) is 41.5 Å². The Bertz CT molecular complexity index is 1440. The molecule has 5 rings (SSSR count). The lowest BCUT2D eigenvalue weighted by molar-refractivity contribution is -0.137. The van der Waals surface area contributed by atoms with Crippen LogP contribution in [-0.2, 0) is 15.7 Å². The Kier molecular flexibility index (Phi) is 8.41. The lowest BCUT2D eigenvalue weighted by atomic mass is 9.75. The van der Waals surface area contributed by atoms with Crippen molar-refractivity contribution in [2.45, 2.75) is 50.7 Å². The van der Waals surface area contributed by atoms with Gasteiger partial charge in [0, 0.05) is 30.9 Å². The first-order valence-corrected chi connectivity index (χ1v) is 14.4. The molecule has 1 aromatic carbocycles. The van der Waals surface area contributed by atoms with E-state index in [-0.39, 0.29) is 28.7 Å². The first kappa shape index (κ1) is 30.4. The van der Waals surface area contributed by atoms with Crippen molar-refractivity contribution in [3.05, 3.63) is 47.7 Å². The van der Waals surface area contributed by atoms with E-state index in [1.807, 2.05) is 0 Å². The van der Waals surface area contributed by atoms with Crippen molar-refractivity contribution in [1.29, 1.82) is 0 Å². The highest BCUT2D eigenvalue weighted by molar-refractivity contribution is 7.81. The highest BCUT2D eigenvalue weighted by atomic mass is 32.1. The van der Waals surface area contributed by atoms with Gasteiger partial charge in [0.25, 0.3) is 11.8 Å². The molecule has 1 aromatic heterocycles. The number of benzene rings is 1. The number of alkyl halides is 3. The molecule has 14 heteroatoms. The Morgan fingerprint density at radius 3 is 2.42 bits per heavy atom. The summed E-state index contributed by atoms with van der Waals surface area (Å²) in [5.41, 5.74) is -1.27. The number of thiocarbonyl (C=S) groups is 1. The number of aliphatic imine (C=N–C) groups is 1. The molecule has 0 atom stereocenters. The third-order valence-electron chi connectivity index (χ3n) is 8.24. The predicted molar refractivity (Wildman–Crippen MR) is 158 cm³/mol. The SMILES string of the molecule is C=Nc1ncc(N2C(=O)C3(CCC3)N(c3ccc(C(=O)NCC4CCN(C(=O)OCC)CC4)cc3)C2=S)cc1C(F)(F)F. The summed E-state index contributed by atoms with van der Waals surface area (Å²) in [6.45, 7) is 6.86. The van der Waals surface area contributed by atoms with E-state index in [2.05, 4.69) is 22.0 Å². The Morgan fingerprint density at radius 2 is 1.86 bits per heavy atom. The molecule has 3 fully saturated rings. The van der Waals surface area contributed by atoms with Crippen molar-refractivity contribution in [3.8, 4) is 0 Å². The van der Waals surface area contributed by atoms with E-state index in [1.165, 1.54) is 0 Å². The Morgan fingerprint density at radius 1 is 1.19 bits per heavy atom. The molecule has 10 nitrogen and oxygen atoms in total. The van der Waals surface area contributed by atoms with Crippen molar-refractivity contribution in [2.24, 2.45) is 10.9 Å². The highest BCUT2D eigenvalue weighted by Crippen LogP contribution is 2.48. The summed E-state index contributed by atoms with van der Waals surface area (Å²) in [7, 11) is 0. The van der Waals surface area contributed by atoms with E-state index in [9.17, 15) is 27.6 Å². The third kappa shape index (κ3) is 5.67. The summed E-state index contributed by atoms with van der Waals surface area (Å²) in [6.07, 6.45) is -0.725. The molecular formula is C29H31F3N6O4S. The maximum Gasteiger partial charge on any atom is 0.420 e. The van der Waals surface area contributed by atoms with E-state index in [4.69, 9.17) is 17.0 Å². The molecule has 2 aromatic rings. The van der Waals surface area contributed by atoms with Crippen LogP contribution < -0.4 is 15.1 Å². The van der Waals surface area contributed by atoms with Crippen molar-refractivity contribution in [1.82, 2.24) is 15.2 Å². The molecule has 2 saturated heterocycles. The normalized spacial score (nSPS) is 18.6. The van der Waals surface area contributed by atoms with E-state index in [0.717, 1.165) is 36.4 Å². The zero-order chi connectivity index (χ0) is 30.9. The molecular weight excluding hydrogens is 585 g/mol. The summed E-state index contributed by atoms with van der Waals surface area (Å²) in [5.74, 6) is -1.04. The summed E-state index contributed by atoms with van der Waals surface area (Å²) in [6, 6.07) is 7.43. The molecule has 0 unspecified atom stereocenters. The second kappa shape index (κ2) is 11.9. The molecule has 43 heavy (non-hydrogen) atoms. The minimum atomic E-state index is -4.76. The topological polar surface area (TPSA) is 107 Å². The number of pyridine rings is 1. The van der Waals surface area contributed by atoms with Gasteiger partial charge in [-0.1, -0.05) is 0 Å². The Hall–Kier alpha value is -4.07. The molecule has 1 spiro atoms. The molecule has 3 aliphatic rings. The van der Waals surface area contributed by atoms with Crippen LogP contribution in [0.4, 0.5) is 35.2 Å². The van der Waals surface area contributed by atoms with Crippen LogP contribution in [0.5, 0.6) is 0 Å². The van der Waals surface area contributed by atoms with Crippen LogP contribution in [-0.4, -0.2) is 71.4 Å². The molecule has 2 aliphatic heterocycles. The third-order valence-corrected chi connectivity index (χ3v) is 8.60. The minimum Gasteiger partial charge on any atom is -0.450 e. The standard InChI is InChI=1S/C29H31F3N6O4S/c1-3-42-27(41)36-13-9-18(10-14-36)16-35-24(39)19-5-7-20(8-6-19)38-26(43)37(25(40)28(38)11-4-12-28)21-15-22(29(30,31)32)23(33-2)34-17-21/h5-8,15,17-18H,2-4,9-14,16H2,1H3,(H,35,39). The van der Waals surface area contributed by atoms with Gasteiger partial charge in [-0.15, -0.1) is 0 Å². The van der Waals surface area contributed by atoms with E-state index in [1.54, 1.807) is 41.0 Å². The number of halogens is 3. The number of nitrogens with zero attached hydrogens (tertiary/aromatic N) is 5. The number of amides is 3. The average Bonchev–Trinajstić information content (AvgIpc) is 3.22. The Labute approximate surface area is 251 Å². The number of anilines is 2. The number of rotatable bonds is 7. The van der Waals surface area contributed by atoms with E-state index >= 15 is 0 Å². The van der Waals surface area contributed by atoms with Gasteiger partial charge >= 0.3 is 12.3 Å². The summed E-state index contributed by atoms with van der Waals surface area (Å²) >= 11 is 5.66. The molecule has 3 heterocycles. The predicted octanol–water partition coefficient (Wildman–Crippen LogP) is 5.09. The maximum atomic E-state index is 13.7. The van der Waals surface area contributed by atoms with Crippen LogP contribution >= 0.6 is 12.2 Å². The largest absolute Gasteiger partial charge is 0.450 e. The van der Waals surface area contributed by atoms with Crippen molar-refractivity contribution >= 4 is 59.1 Å². The lowest BCUT2D eigenvalue weighted by Gasteiger charge is -2.43. The number of piperidine rings is 1. The second-order valence-electron chi connectivity index (χ2n) is 10.8. The van der Waals surface area contributed by atoms with Gasteiger partial charge in [-0.25, -0.2) is 14.8 Å². The van der Waals surface area contributed by atoms with Gasteiger partial charge in [-0.05, 0) is 94.2 Å². The van der Waals surface area contributed by atoms with Gasteiger partial charge in [0.15, 0.2) is 10.9 Å². The molecule has 0 radical (unpaired) electrons. The summed E-state index contributed by atoms with van der Waals surface area (Å²) in [5, 5.41) is 2.98. The molecule has 3 amide bonds. The first-order valence-electron chi connectivity index (χ1n) is 14.0. The zero-order valence-electron chi connectivity index (χ0n) is 23.5. The fourth-order valence-corrected chi connectivity index (χ4v) is 6.22. The van der Waals surface area contributed by atoms with Crippen molar-refractivity contribution in [2.75, 3.05) is 36.0 Å². The average molecular weight is 617 g/mol. The van der Waals surface area contributed by atoms with Gasteiger partial charge in [-0.2, -0.15) is 13.2 Å². The van der Waals surface area contributed by atoms with Gasteiger partial charge in [0.2, 0.25) is 0 Å². The number of hydrogen-bond acceptors (Lipinski definition) is 7. The number of carbonyl (C=O) groups excluding carboxylic acids is 3. The lowest BCUT2D eigenvalue weighted by Crippen LogP contribution is -2.55. The van der Waals surface area contributed by atoms with Crippen LogP contribution in [0.25, 0.3) is 0 Å². The van der Waals surface area contributed by atoms with Gasteiger partial charge in [0.05, 0.1) is 18.5 Å². The number of aromatic nitrogens is 1. The fourth-order valence-electron chi connectivity index (χ4n) is 5.75. The number of carbonyl (C=O) groups is 3. The number of hydrogen-bond donors (Lipinski definition) is 1. The fraction of sp³-hybridized carbons (Fsp3) is 0.448. The number of ether oxygens (including phenoxy) is 1. The van der Waals surface area contributed by atoms with Gasteiger partial charge < -0.3 is 19.9 Å². The molecule has 1 aliphatic carbocycles. The smallest absolute Gasteiger partial charge is 0.420 e. The minimum absolute atomic E-state index is 0.0327. The quantitative estimate of drug-likeness (QED) is 0.341. The molecule has 0 bridgehead atoms. The summed E-state index contributed by atoms with van der Waals surface area (Å²) in [4.78, 5) is 50.0. The highest BCUT2D eigenvalue weighted by Gasteiger charge is 2.59.